The molecular formula is C25H27ClN4. The van der Waals surface area contributed by atoms with Gasteiger partial charge < -0.3 is 10.3 Å². The van der Waals surface area contributed by atoms with E-state index in [0.717, 1.165) is 31.0 Å². The fourth-order valence-electron chi connectivity index (χ4n) is 6.02. The topological polar surface area (TPSA) is 45.6 Å². The summed E-state index contributed by atoms with van der Waals surface area (Å²) >= 11 is 7.31. The molecule has 2 aromatic heterocycles. The monoisotopic (exact) mass is 418 g/mol. The third kappa shape index (κ3) is 1.99. The Bertz CT molecular complexity index is 1240. The van der Waals surface area contributed by atoms with Crippen molar-refractivity contribution in [3.05, 3.63) is 74.8 Å². The van der Waals surface area contributed by atoms with Gasteiger partial charge in [-0.1, -0.05) is 36.7 Å². The van der Waals surface area contributed by atoms with E-state index >= 15 is 0 Å². The van der Waals surface area contributed by atoms with Crippen LogP contribution in [0.15, 0.2) is 35.5 Å². The van der Waals surface area contributed by atoms with Crippen LogP contribution in [0.2, 0.25) is 0 Å². The molecule has 3 aliphatic rings. The first kappa shape index (κ1) is 18.5. The number of aryl methyl sites for hydroxylation is 1. The fourth-order valence-corrected chi connectivity index (χ4v) is 6.40. The van der Waals surface area contributed by atoms with E-state index in [0.29, 0.717) is 0 Å². The number of fused-ring (bicyclic) bond motifs is 10. The molecule has 5 heteroatoms. The van der Waals surface area contributed by atoms with Crippen molar-refractivity contribution in [1.82, 2.24) is 20.1 Å². The molecule has 154 valence electrons. The average molecular weight is 419 g/mol. The molecule has 1 atom stereocenters. The molecule has 0 spiro atoms. The second-order valence-electron chi connectivity index (χ2n) is 9.48. The van der Waals surface area contributed by atoms with E-state index in [-0.39, 0.29) is 10.8 Å². The number of halogens is 1. The van der Waals surface area contributed by atoms with E-state index in [1.807, 2.05) is 0 Å². The van der Waals surface area contributed by atoms with Crippen LogP contribution in [0.25, 0.3) is 11.3 Å². The molecule has 1 unspecified atom stereocenters. The van der Waals surface area contributed by atoms with E-state index in [2.05, 4.69) is 73.1 Å². The van der Waals surface area contributed by atoms with E-state index < -0.39 is 0 Å². The van der Waals surface area contributed by atoms with E-state index in [9.17, 15) is 0 Å². The molecule has 6 rings (SSSR count). The maximum atomic E-state index is 7.31. The average Bonchev–Trinajstić information content (AvgIpc) is 3.38. The van der Waals surface area contributed by atoms with E-state index in [1.54, 1.807) is 0 Å². The number of allylic oxidation sites excluding steroid dienone is 2. The van der Waals surface area contributed by atoms with Gasteiger partial charge in [0, 0.05) is 53.0 Å². The van der Waals surface area contributed by atoms with Crippen LogP contribution >= 0.6 is 11.6 Å². The molecule has 4 nitrogen and oxygen atoms in total. The third-order valence-electron chi connectivity index (χ3n) is 7.54. The number of aromatic nitrogens is 3. The minimum atomic E-state index is -0.346. The lowest BCUT2D eigenvalue weighted by atomic mass is 9.60. The van der Waals surface area contributed by atoms with Gasteiger partial charge in [0.1, 0.15) is 0 Å². The number of hydrogen-bond acceptors (Lipinski definition) is 2. The van der Waals surface area contributed by atoms with Crippen molar-refractivity contribution in [1.29, 1.82) is 0 Å². The van der Waals surface area contributed by atoms with Crippen molar-refractivity contribution in [2.24, 2.45) is 0 Å². The van der Waals surface area contributed by atoms with Gasteiger partial charge in [0.15, 0.2) is 0 Å². The second kappa shape index (κ2) is 5.89. The summed E-state index contributed by atoms with van der Waals surface area (Å²) in [6.07, 6.45) is 3.99. The molecule has 1 aromatic carbocycles. The second-order valence-corrected chi connectivity index (χ2v) is 9.86. The maximum absolute atomic E-state index is 7.31. The van der Waals surface area contributed by atoms with Crippen molar-refractivity contribution in [3.8, 4) is 5.69 Å². The summed E-state index contributed by atoms with van der Waals surface area (Å²) in [5.41, 5.74) is 10.7. The molecule has 4 heterocycles. The number of para-hydroxylation sites is 1. The molecule has 30 heavy (non-hydrogen) atoms. The summed E-state index contributed by atoms with van der Waals surface area (Å²) in [7, 11) is 0. The van der Waals surface area contributed by atoms with E-state index in [1.165, 1.54) is 50.6 Å². The number of H-pyrrole nitrogens is 1. The zero-order valence-electron chi connectivity index (χ0n) is 18.0. The highest BCUT2D eigenvalue weighted by Crippen LogP contribution is 2.60. The van der Waals surface area contributed by atoms with Crippen molar-refractivity contribution >= 4 is 17.2 Å². The zero-order chi connectivity index (χ0) is 20.8. The molecule has 0 bridgehead atoms. The molecule has 2 N–H and O–H groups in total. The molecule has 0 saturated heterocycles. The largest absolute Gasteiger partial charge is 0.364 e. The number of nitrogens with zero attached hydrogens (tertiary/aromatic N) is 2. The van der Waals surface area contributed by atoms with Crippen molar-refractivity contribution in [3.63, 3.8) is 0 Å². The normalized spacial score (nSPS) is 23.4. The van der Waals surface area contributed by atoms with Crippen LogP contribution in [0.5, 0.6) is 0 Å². The van der Waals surface area contributed by atoms with Crippen molar-refractivity contribution in [2.45, 2.75) is 57.9 Å². The lowest BCUT2D eigenvalue weighted by Crippen LogP contribution is -2.42. The third-order valence-corrected chi connectivity index (χ3v) is 8.20. The van der Waals surface area contributed by atoms with Crippen LogP contribution < -0.4 is 5.32 Å². The first-order chi connectivity index (χ1) is 14.4. The molecule has 0 saturated carbocycles. The van der Waals surface area contributed by atoms with Gasteiger partial charge in [-0.05, 0) is 50.0 Å². The highest BCUT2D eigenvalue weighted by molar-refractivity contribution is 6.35. The number of benzene rings is 1. The quantitative estimate of drug-likeness (QED) is 0.586. The smallest absolute Gasteiger partial charge is 0.0757 e. The molecule has 0 radical (unpaired) electrons. The highest BCUT2D eigenvalue weighted by Gasteiger charge is 2.53. The van der Waals surface area contributed by atoms with E-state index in [4.69, 9.17) is 16.7 Å². The van der Waals surface area contributed by atoms with Crippen LogP contribution in [0.3, 0.4) is 0 Å². The summed E-state index contributed by atoms with van der Waals surface area (Å²) in [6, 6.07) is 8.88. The van der Waals surface area contributed by atoms with Gasteiger partial charge in [-0.3, -0.25) is 0 Å². The number of hydrogen-bond donors (Lipinski definition) is 2. The van der Waals surface area contributed by atoms with Crippen LogP contribution in [0.4, 0.5) is 0 Å². The molecule has 0 fully saturated rings. The van der Waals surface area contributed by atoms with Gasteiger partial charge in [0.05, 0.1) is 22.5 Å². The summed E-state index contributed by atoms with van der Waals surface area (Å²) < 4.78 is 2.26. The van der Waals surface area contributed by atoms with Gasteiger partial charge in [-0.15, -0.1) is 0 Å². The Kier molecular flexibility index (Phi) is 3.63. The SMILES string of the molecule is CCc1cccc2c1-n1nc3c(c1C1(C)C2=C(Cl)C(C)(C)c2[nH]ccc21)CNCC3. The maximum Gasteiger partial charge on any atom is 0.0757 e. The van der Waals surface area contributed by atoms with Crippen LogP contribution in [0.1, 0.15) is 67.0 Å². The fraction of sp³-hybridized carbons (Fsp3) is 0.400. The number of aromatic amines is 1. The van der Waals surface area contributed by atoms with Crippen LogP contribution in [-0.2, 0) is 30.2 Å². The van der Waals surface area contributed by atoms with Gasteiger partial charge in [-0.2, -0.15) is 5.10 Å². The lowest BCUT2D eigenvalue weighted by molar-refractivity contribution is 0.545. The van der Waals surface area contributed by atoms with Crippen LogP contribution in [0, 0.1) is 0 Å². The van der Waals surface area contributed by atoms with Crippen molar-refractivity contribution < 1.29 is 0 Å². The predicted molar refractivity (Wildman–Crippen MR) is 121 cm³/mol. The molecular weight excluding hydrogens is 392 g/mol. The first-order valence-corrected chi connectivity index (χ1v) is 11.3. The first-order valence-electron chi connectivity index (χ1n) is 10.9. The summed E-state index contributed by atoms with van der Waals surface area (Å²) in [6.45, 7) is 10.9. The number of nitrogens with one attached hydrogen (secondary N) is 2. The molecule has 1 aliphatic carbocycles. The standard InChI is InChI=1S/C25H27ClN4/c1-5-14-7-6-8-15-19-21(26)24(2,3)22-17(9-12-28-22)25(19,4)23-16-13-27-11-10-18(16)29-30(23)20(14)15/h6-9,12,27-28H,5,10-11,13H2,1-4H3. The lowest BCUT2D eigenvalue weighted by Gasteiger charge is -2.47. The van der Waals surface area contributed by atoms with Crippen LogP contribution in [-0.4, -0.2) is 21.3 Å². The zero-order valence-corrected chi connectivity index (χ0v) is 18.7. The Morgan fingerprint density at radius 2 is 2.03 bits per heavy atom. The Balaban J connectivity index is 1.83. The van der Waals surface area contributed by atoms with Crippen molar-refractivity contribution in [2.75, 3.05) is 6.54 Å². The summed E-state index contributed by atoms with van der Waals surface area (Å²) in [5, 5.41) is 9.70. The summed E-state index contributed by atoms with van der Waals surface area (Å²) in [4.78, 5) is 3.52. The van der Waals surface area contributed by atoms with Gasteiger partial charge in [-0.25, -0.2) is 4.68 Å². The molecule has 0 amide bonds. The van der Waals surface area contributed by atoms with Gasteiger partial charge >= 0.3 is 0 Å². The Morgan fingerprint density at radius 1 is 1.20 bits per heavy atom. The summed E-state index contributed by atoms with van der Waals surface area (Å²) in [5.74, 6) is 0. The predicted octanol–water partition coefficient (Wildman–Crippen LogP) is 4.97. The molecule has 3 aromatic rings. The van der Waals surface area contributed by atoms with Gasteiger partial charge in [0.25, 0.3) is 0 Å². The Morgan fingerprint density at radius 3 is 2.83 bits per heavy atom. The van der Waals surface area contributed by atoms with Gasteiger partial charge in [0.2, 0.25) is 0 Å². The highest BCUT2D eigenvalue weighted by atomic mass is 35.5. The number of rotatable bonds is 1. The minimum absolute atomic E-state index is 0.269. The Labute approximate surface area is 182 Å². The minimum Gasteiger partial charge on any atom is -0.364 e. The molecule has 2 aliphatic heterocycles. The Hall–Kier alpha value is -2.30.